The van der Waals surface area contributed by atoms with Gasteiger partial charge in [-0.15, -0.1) is 0 Å². The molecule has 0 aromatic carbocycles. The van der Waals surface area contributed by atoms with Gasteiger partial charge in [0.25, 0.3) is 0 Å². The number of piperidine rings is 1. The number of rotatable bonds is 4. The summed E-state index contributed by atoms with van der Waals surface area (Å²) in [6, 6.07) is -0.701. The number of unbranched alkanes of at least 4 members (excludes halogenated alkanes) is 1. The predicted molar refractivity (Wildman–Crippen MR) is 74.1 cm³/mol. The molecule has 2 saturated heterocycles. The number of ether oxygens (including phenoxy) is 2. The van der Waals surface area contributed by atoms with E-state index in [9.17, 15) is 9.90 Å². The van der Waals surface area contributed by atoms with Gasteiger partial charge in [-0.3, -0.25) is 10.1 Å². The Morgan fingerprint density at radius 1 is 1.35 bits per heavy atom. The second-order valence-corrected chi connectivity index (χ2v) is 6.13. The Hall–Kier alpha value is -0.690. The normalized spacial score (nSPS) is 39.4. The van der Waals surface area contributed by atoms with Gasteiger partial charge in [0.05, 0.1) is 6.10 Å². The van der Waals surface area contributed by atoms with Crippen molar-refractivity contribution in [1.29, 1.82) is 0 Å². The van der Waals surface area contributed by atoms with Crippen LogP contribution in [-0.4, -0.2) is 53.7 Å². The molecule has 0 spiro atoms. The van der Waals surface area contributed by atoms with Crippen LogP contribution < -0.4 is 10.6 Å². The molecule has 0 radical (unpaired) electrons. The molecule has 5 atom stereocenters. The lowest BCUT2D eigenvalue weighted by atomic mass is 9.90. The van der Waals surface area contributed by atoms with Gasteiger partial charge in [-0.05, 0) is 27.2 Å². The molecule has 6 heteroatoms. The quantitative estimate of drug-likeness (QED) is 0.641. The van der Waals surface area contributed by atoms with E-state index < -0.39 is 30.1 Å². The lowest BCUT2D eigenvalue weighted by Crippen LogP contribution is -2.66. The molecule has 0 aromatic rings. The average molecular weight is 286 g/mol. The summed E-state index contributed by atoms with van der Waals surface area (Å²) < 4.78 is 11.6. The molecule has 20 heavy (non-hydrogen) atoms. The second kappa shape index (κ2) is 5.97. The molecular weight excluding hydrogens is 260 g/mol. The van der Waals surface area contributed by atoms with Crippen LogP contribution in [0.5, 0.6) is 0 Å². The molecule has 0 bridgehead atoms. The second-order valence-electron chi connectivity index (χ2n) is 6.13. The van der Waals surface area contributed by atoms with Crippen molar-refractivity contribution in [1.82, 2.24) is 10.6 Å². The maximum Gasteiger partial charge on any atom is 0.239 e. The zero-order valence-electron chi connectivity index (χ0n) is 12.7. The Morgan fingerprint density at radius 2 is 2.00 bits per heavy atom. The van der Waals surface area contributed by atoms with Crippen LogP contribution in [0.2, 0.25) is 0 Å². The molecule has 2 rings (SSSR count). The zero-order chi connectivity index (χ0) is 14.9. The van der Waals surface area contributed by atoms with E-state index in [1.54, 1.807) is 13.8 Å². The van der Waals surface area contributed by atoms with Crippen LogP contribution in [0.1, 0.15) is 40.5 Å². The number of aliphatic hydroxyl groups excluding tert-OH is 1. The van der Waals surface area contributed by atoms with Gasteiger partial charge in [0.15, 0.2) is 5.79 Å². The van der Waals surface area contributed by atoms with Gasteiger partial charge < -0.3 is 19.9 Å². The van der Waals surface area contributed by atoms with Crippen molar-refractivity contribution in [2.24, 2.45) is 0 Å². The zero-order valence-corrected chi connectivity index (χ0v) is 12.7. The number of hydrogen-bond acceptors (Lipinski definition) is 5. The first-order chi connectivity index (χ1) is 9.35. The highest BCUT2D eigenvalue weighted by molar-refractivity contribution is 5.82. The molecule has 3 N–H and O–H groups in total. The van der Waals surface area contributed by atoms with Crippen molar-refractivity contribution in [3.05, 3.63) is 0 Å². The molecule has 2 aliphatic heterocycles. The number of carbonyl (C=O) groups is 1. The molecule has 0 aliphatic carbocycles. The minimum absolute atomic E-state index is 0.0894. The maximum atomic E-state index is 12.3. The van der Waals surface area contributed by atoms with Gasteiger partial charge in [0.2, 0.25) is 5.91 Å². The van der Waals surface area contributed by atoms with Crippen LogP contribution in [0.4, 0.5) is 0 Å². The summed E-state index contributed by atoms with van der Waals surface area (Å²) in [5.74, 6) is -0.863. The van der Waals surface area contributed by atoms with Crippen molar-refractivity contribution in [3.8, 4) is 0 Å². The van der Waals surface area contributed by atoms with E-state index in [2.05, 4.69) is 17.6 Å². The molecular formula is C14H26N2O4. The first-order valence-electron chi connectivity index (χ1n) is 7.43. The number of aliphatic hydroxyl groups is 1. The third kappa shape index (κ3) is 3.14. The van der Waals surface area contributed by atoms with E-state index in [4.69, 9.17) is 9.47 Å². The van der Waals surface area contributed by atoms with Gasteiger partial charge in [0, 0.05) is 12.6 Å². The standard InChI is InChI=1S/C14H26N2O4/c1-5-6-7-15-13(18)9-11-12(10(17)8(2)16-9)20-14(3,4)19-11/h8-12,16-17H,5-7H2,1-4H3,(H,15,18)/t8-,9+,10-,11-,12+/m0/s1. The van der Waals surface area contributed by atoms with Crippen molar-refractivity contribution >= 4 is 5.91 Å². The number of amides is 1. The largest absolute Gasteiger partial charge is 0.389 e. The lowest BCUT2D eigenvalue weighted by Gasteiger charge is -2.38. The van der Waals surface area contributed by atoms with Crippen molar-refractivity contribution in [2.45, 2.75) is 76.7 Å². The Morgan fingerprint density at radius 3 is 2.65 bits per heavy atom. The fraction of sp³-hybridized carbons (Fsp3) is 0.929. The Labute approximate surface area is 120 Å². The Balaban J connectivity index is 2.06. The number of fused-ring (bicyclic) bond motifs is 1. The Kier molecular flexibility index (Phi) is 4.69. The summed E-state index contributed by atoms with van der Waals surface area (Å²) in [6.45, 7) is 8.19. The van der Waals surface area contributed by atoms with E-state index in [-0.39, 0.29) is 11.9 Å². The lowest BCUT2D eigenvalue weighted by molar-refractivity contribution is -0.154. The predicted octanol–water partition coefficient (Wildman–Crippen LogP) is 0.144. The summed E-state index contributed by atoms with van der Waals surface area (Å²) in [5.41, 5.74) is 0. The van der Waals surface area contributed by atoms with Crippen LogP contribution in [0.15, 0.2) is 0 Å². The molecule has 0 unspecified atom stereocenters. The molecule has 0 saturated carbocycles. The van der Waals surface area contributed by atoms with E-state index >= 15 is 0 Å². The van der Waals surface area contributed by atoms with Crippen LogP contribution in [0, 0.1) is 0 Å². The van der Waals surface area contributed by atoms with Crippen molar-refractivity contribution in [2.75, 3.05) is 6.54 Å². The van der Waals surface area contributed by atoms with E-state index in [0.29, 0.717) is 6.54 Å². The SMILES string of the molecule is CCCCNC(=O)[C@@H]1N[C@@H](C)[C@H](O)[C@H]2OC(C)(C)O[C@H]21. The minimum Gasteiger partial charge on any atom is -0.389 e. The number of carbonyl (C=O) groups excluding carboxylic acids is 1. The van der Waals surface area contributed by atoms with Crippen molar-refractivity contribution in [3.63, 3.8) is 0 Å². The molecule has 0 aromatic heterocycles. The topological polar surface area (TPSA) is 79.8 Å². The number of hydrogen-bond donors (Lipinski definition) is 3. The van der Waals surface area contributed by atoms with Crippen LogP contribution in [0.3, 0.4) is 0 Å². The summed E-state index contributed by atoms with van der Waals surface area (Å²) >= 11 is 0. The van der Waals surface area contributed by atoms with Crippen LogP contribution in [0.25, 0.3) is 0 Å². The highest BCUT2D eigenvalue weighted by Crippen LogP contribution is 2.35. The van der Waals surface area contributed by atoms with E-state index in [0.717, 1.165) is 12.8 Å². The molecule has 116 valence electrons. The van der Waals surface area contributed by atoms with Gasteiger partial charge >= 0.3 is 0 Å². The molecule has 2 fully saturated rings. The fourth-order valence-corrected chi connectivity index (χ4v) is 2.82. The smallest absolute Gasteiger partial charge is 0.239 e. The van der Waals surface area contributed by atoms with E-state index in [1.807, 2.05) is 6.92 Å². The van der Waals surface area contributed by atoms with Gasteiger partial charge in [-0.2, -0.15) is 0 Å². The van der Waals surface area contributed by atoms with Crippen molar-refractivity contribution < 1.29 is 19.4 Å². The van der Waals surface area contributed by atoms with Gasteiger partial charge in [0.1, 0.15) is 18.2 Å². The number of nitrogens with one attached hydrogen (secondary N) is 2. The van der Waals surface area contributed by atoms with Gasteiger partial charge in [-0.25, -0.2) is 0 Å². The van der Waals surface area contributed by atoms with E-state index in [1.165, 1.54) is 0 Å². The first-order valence-corrected chi connectivity index (χ1v) is 7.43. The third-order valence-corrected chi connectivity index (χ3v) is 3.90. The minimum atomic E-state index is -0.774. The average Bonchev–Trinajstić information content (AvgIpc) is 2.70. The highest BCUT2D eigenvalue weighted by atomic mass is 16.8. The Bertz CT molecular complexity index is 361. The summed E-state index contributed by atoms with van der Waals surface area (Å²) in [4.78, 5) is 12.3. The van der Waals surface area contributed by atoms with Crippen LogP contribution in [-0.2, 0) is 14.3 Å². The molecule has 2 aliphatic rings. The fourth-order valence-electron chi connectivity index (χ4n) is 2.82. The molecule has 1 amide bonds. The highest BCUT2D eigenvalue weighted by Gasteiger charge is 2.54. The first kappa shape index (κ1) is 15.7. The summed E-state index contributed by atoms with van der Waals surface area (Å²) in [7, 11) is 0. The third-order valence-electron chi connectivity index (χ3n) is 3.90. The van der Waals surface area contributed by atoms with Gasteiger partial charge in [-0.1, -0.05) is 13.3 Å². The monoisotopic (exact) mass is 286 g/mol. The molecule has 2 heterocycles. The summed E-state index contributed by atoms with van der Waals surface area (Å²) in [5, 5.41) is 16.2. The summed E-state index contributed by atoms with van der Waals surface area (Å²) in [6.07, 6.45) is 0.377. The van der Waals surface area contributed by atoms with Crippen LogP contribution >= 0.6 is 0 Å². The molecule has 6 nitrogen and oxygen atoms in total. The maximum absolute atomic E-state index is 12.3.